The third-order valence-corrected chi connectivity index (χ3v) is 12.9. The van der Waals surface area contributed by atoms with E-state index in [1.807, 2.05) is 6.08 Å². The molecule has 0 atom stereocenters. The number of methoxy groups -OCH3 is 2. The Morgan fingerprint density at radius 1 is 0.767 bits per heavy atom. The number of hydrogen-bond donors (Lipinski definition) is 0. The molecule has 4 nitrogen and oxygen atoms in total. The molecule has 0 aliphatic heterocycles. The summed E-state index contributed by atoms with van der Waals surface area (Å²) in [5.74, 6) is 2.24. The van der Waals surface area contributed by atoms with Gasteiger partial charge in [-0.05, 0) is 82.0 Å². The topological polar surface area (TPSA) is 52.6 Å². The fraction of sp³-hybridized carbons (Fsp3) is 0.368. The number of benzene rings is 2. The van der Waals surface area contributed by atoms with Crippen molar-refractivity contribution in [1.29, 1.82) is 0 Å². The summed E-state index contributed by atoms with van der Waals surface area (Å²) in [6, 6.07) is 21.9. The number of rotatable bonds is 17. The lowest BCUT2D eigenvalue weighted by Gasteiger charge is -2.28. The number of ether oxygens (including phenoxy) is 2. The molecule has 0 spiro atoms. The van der Waals surface area contributed by atoms with Gasteiger partial charge in [0.2, 0.25) is 23.1 Å². The second kappa shape index (κ2) is 17.4. The van der Waals surface area contributed by atoms with Crippen molar-refractivity contribution in [2.45, 2.75) is 71.6 Å². The molecule has 2 aromatic carbocycles. The summed E-state index contributed by atoms with van der Waals surface area (Å²) < 4.78 is 10.3. The molecular formula is C38H46O4P+. The zero-order valence-electron chi connectivity index (χ0n) is 26.2. The molecule has 0 N–H and O–H groups in total. The lowest BCUT2D eigenvalue weighted by atomic mass is 9.89. The molecule has 1 aliphatic rings. The van der Waals surface area contributed by atoms with Crippen LogP contribution in [0.1, 0.15) is 71.6 Å². The van der Waals surface area contributed by atoms with E-state index in [9.17, 15) is 9.59 Å². The summed E-state index contributed by atoms with van der Waals surface area (Å²) in [6.45, 7) is 3.83. The second-order valence-corrected chi connectivity index (χ2v) is 14.4. The van der Waals surface area contributed by atoms with Crippen LogP contribution in [0.25, 0.3) is 0 Å². The van der Waals surface area contributed by atoms with Gasteiger partial charge in [0.05, 0.1) is 20.4 Å². The number of unbranched alkanes of at least 4 members (excludes halogenated alkanes) is 7. The molecule has 43 heavy (non-hydrogen) atoms. The summed E-state index contributed by atoms with van der Waals surface area (Å²) in [7, 11) is 0.941. The fourth-order valence-corrected chi connectivity index (χ4v) is 10.5. The van der Waals surface area contributed by atoms with Crippen molar-refractivity contribution >= 4 is 29.4 Å². The third-order valence-electron chi connectivity index (χ3n) is 8.25. The monoisotopic (exact) mass is 597 g/mol. The van der Waals surface area contributed by atoms with E-state index >= 15 is 0 Å². The van der Waals surface area contributed by atoms with Gasteiger partial charge in [-0.25, -0.2) is 0 Å². The Morgan fingerprint density at radius 2 is 1.26 bits per heavy atom. The molecule has 5 heteroatoms. The van der Waals surface area contributed by atoms with Gasteiger partial charge in [-0.1, -0.05) is 74.4 Å². The molecule has 0 aromatic heterocycles. The van der Waals surface area contributed by atoms with Gasteiger partial charge in [0.25, 0.3) is 0 Å². The van der Waals surface area contributed by atoms with Gasteiger partial charge in [-0.15, -0.1) is 6.42 Å². The zero-order valence-corrected chi connectivity index (χ0v) is 27.1. The number of carbonyl (C=O) groups excluding carboxylic acids is 2. The van der Waals surface area contributed by atoms with E-state index in [-0.39, 0.29) is 23.1 Å². The predicted molar refractivity (Wildman–Crippen MR) is 181 cm³/mol. The molecule has 3 rings (SSSR count). The van der Waals surface area contributed by atoms with Crippen molar-refractivity contribution in [3.8, 4) is 12.3 Å². The van der Waals surface area contributed by atoms with Gasteiger partial charge in [0.15, 0.2) is 0 Å². The highest BCUT2D eigenvalue weighted by Gasteiger charge is 2.45. The van der Waals surface area contributed by atoms with Crippen LogP contribution in [-0.2, 0) is 19.1 Å². The van der Waals surface area contributed by atoms with E-state index in [2.05, 4.69) is 85.7 Å². The molecule has 1 aliphatic carbocycles. The standard InChI is InChI=1S/C38H46O4P/c1-6-8-23-31(7-2)43(32-24-17-15-18-25-32,33-26-19-16-20-27-33)29-22-14-12-10-9-11-13-21-28-34-30(3)35(39)37(41-4)38(42-5)36(34)40/h1,7-8,15-20,23-27H,9-14,21-22,28-29H2,2-5H3/q+1/b23-8-,31-7+. The number of carbonyl (C=O) groups is 2. The van der Waals surface area contributed by atoms with Gasteiger partial charge in [-0.2, -0.15) is 0 Å². The smallest absolute Gasteiger partial charge is 0.228 e. The molecule has 0 unspecified atom stereocenters. The van der Waals surface area contributed by atoms with Gasteiger partial charge >= 0.3 is 0 Å². The Labute approximate surface area is 259 Å². The number of terminal acetylenes is 1. The van der Waals surface area contributed by atoms with Gasteiger partial charge in [0, 0.05) is 11.1 Å². The lowest BCUT2D eigenvalue weighted by Crippen LogP contribution is -2.26. The summed E-state index contributed by atoms with van der Waals surface area (Å²) >= 11 is 0. The Bertz CT molecular complexity index is 1350. The summed E-state index contributed by atoms with van der Waals surface area (Å²) in [6.07, 6.45) is 22.5. The quantitative estimate of drug-likeness (QED) is 0.0606. The second-order valence-electron chi connectivity index (χ2n) is 10.8. The first-order valence-corrected chi connectivity index (χ1v) is 17.3. The Kier molecular flexibility index (Phi) is 13.7. The summed E-state index contributed by atoms with van der Waals surface area (Å²) in [5.41, 5.74) is 1.03. The number of ketones is 2. The van der Waals surface area contributed by atoms with Crippen LogP contribution in [0, 0.1) is 12.3 Å². The van der Waals surface area contributed by atoms with Crippen LogP contribution in [0.4, 0.5) is 0 Å². The van der Waals surface area contributed by atoms with Crippen molar-refractivity contribution in [1.82, 2.24) is 0 Å². The molecule has 0 bridgehead atoms. The first-order chi connectivity index (χ1) is 21.0. The van der Waals surface area contributed by atoms with Crippen LogP contribution in [-0.4, -0.2) is 31.9 Å². The highest BCUT2D eigenvalue weighted by atomic mass is 31.2. The predicted octanol–water partition coefficient (Wildman–Crippen LogP) is 8.23. The SMILES string of the molecule is C#C/C=C\C(=C/C)[P+](CCCCCCCCCCC1=C(C)C(=O)C(OC)=C(OC)C1=O)(c1ccccc1)c1ccccc1. The van der Waals surface area contributed by atoms with Crippen molar-refractivity contribution in [2.75, 3.05) is 20.4 Å². The van der Waals surface area contributed by atoms with Crippen LogP contribution in [0.3, 0.4) is 0 Å². The number of hydrogen-bond acceptors (Lipinski definition) is 4. The largest absolute Gasteiger partial charge is 0.489 e. The Balaban J connectivity index is 1.53. The van der Waals surface area contributed by atoms with E-state index in [0.29, 0.717) is 17.6 Å². The van der Waals surface area contributed by atoms with Gasteiger partial charge in [0.1, 0.15) is 23.2 Å². The zero-order chi connectivity index (χ0) is 31.1. The molecule has 0 radical (unpaired) electrons. The lowest BCUT2D eigenvalue weighted by molar-refractivity contribution is -0.121. The van der Waals surface area contributed by atoms with E-state index in [1.54, 1.807) is 6.92 Å². The maximum Gasteiger partial charge on any atom is 0.228 e. The molecule has 2 aromatic rings. The first-order valence-electron chi connectivity index (χ1n) is 15.4. The normalized spacial score (nSPS) is 14.4. The summed E-state index contributed by atoms with van der Waals surface area (Å²) in [4.78, 5) is 25.4. The maximum absolute atomic E-state index is 12.8. The average molecular weight is 598 g/mol. The van der Waals surface area contributed by atoms with Gasteiger partial charge in [-0.3, -0.25) is 9.59 Å². The van der Waals surface area contributed by atoms with Crippen LogP contribution in [0.2, 0.25) is 0 Å². The minimum atomic E-state index is -1.85. The molecule has 0 fully saturated rings. The molecule has 0 saturated carbocycles. The molecule has 0 saturated heterocycles. The third kappa shape index (κ3) is 8.25. The Morgan fingerprint density at radius 3 is 1.74 bits per heavy atom. The first kappa shape index (κ1) is 33.8. The minimum absolute atomic E-state index is 0.00614. The summed E-state index contributed by atoms with van der Waals surface area (Å²) in [5, 5.41) is 4.12. The van der Waals surface area contributed by atoms with E-state index in [1.165, 1.54) is 55.8 Å². The highest BCUT2D eigenvalue weighted by molar-refractivity contribution is 7.93. The van der Waals surface area contributed by atoms with Crippen LogP contribution >= 0.6 is 7.26 Å². The van der Waals surface area contributed by atoms with Crippen molar-refractivity contribution in [3.63, 3.8) is 0 Å². The van der Waals surface area contributed by atoms with Crippen LogP contribution in [0.15, 0.2) is 107 Å². The molecule has 0 amide bonds. The highest BCUT2D eigenvalue weighted by Crippen LogP contribution is 2.64. The molecule has 226 valence electrons. The van der Waals surface area contributed by atoms with Crippen LogP contribution < -0.4 is 10.6 Å². The fourth-order valence-electron chi connectivity index (χ4n) is 5.98. The van der Waals surface area contributed by atoms with Crippen molar-refractivity contribution < 1.29 is 19.1 Å². The number of Topliss-reactive ketones (excluding diaryl/α,β-unsaturated/α-hetero) is 2. The average Bonchev–Trinajstić information content (AvgIpc) is 3.04. The van der Waals surface area contributed by atoms with E-state index in [4.69, 9.17) is 15.9 Å². The molecule has 0 heterocycles. The minimum Gasteiger partial charge on any atom is -0.489 e. The molecular weight excluding hydrogens is 551 g/mol. The van der Waals surface area contributed by atoms with Crippen LogP contribution in [0.5, 0.6) is 0 Å². The Hall–Kier alpha value is -3.67. The van der Waals surface area contributed by atoms with Crippen molar-refractivity contribution in [2.24, 2.45) is 0 Å². The van der Waals surface area contributed by atoms with E-state index in [0.717, 1.165) is 31.8 Å². The van der Waals surface area contributed by atoms with Crippen molar-refractivity contribution in [3.05, 3.63) is 107 Å². The number of allylic oxidation sites excluding steroid dienone is 6. The maximum atomic E-state index is 12.8. The van der Waals surface area contributed by atoms with Gasteiger partial charge < -0.3 is 9.47 Å². The van der Waals surface area contributed by atoms with E-state index < -0.39 is 7.26 Å².